The largest absolute Gasteiger partial charge is 0.383 e. The van der Waals surface area contributed by atoms with Crippen LogP contribution in [0, 0.1) is 0 Å². The predicted molar refractivity (Wildman–Crippen MR) is 118 cm³/mol. The minimum Gasteiger partial charge on any atom is -0.383 e. The van der Waals surface area contributed by atoms with E-state index in [0.717, 1.165) is 49.1 Å². The molecule has 1 aromatic carbocycles. The molecule has 2 aromatic rings. The Morgan fingerprint density at radius 1 is 1.13 bits per heavy atom. The molecule has 0 radical (unpaired) electrons. The summed E-state index contributed by atoms with van der Waals surface area (Å²) in [5.74, 6) is 0.0433. The monoisotopic (exact) mass is 433 g/mol. The van der Waals surface area contributed by atoms with Crippen LogP contribution >= 0.6 is 11.3 Å². The zero-order valence-corrected chi connectivity index (χ0v) is 18.7. The molecule has 0 aliphatic carbocycles. The van der Waals surface area contributed by atoms with Crippen molar-refractivity contribution in [2.45, 2.75) is 13.0 Å². The number of nitrogens with zero attached hydrogens (tertiary/aromatic N) is 3. The molecule has 1 amide bonds. The van der Waals surface area contributed by atoms with Crippen LogP contribution < -0.4 is 0 Å². The highest BCUT2D eigenvalue weighted by atomic mass is 32.1. The average Bonchev–Trinajstić information content (AvgIpc) is 3.23. The van der Waals surface area contributed by atoms with E-state index in [1.165, 1.54) is 5.56 Å². The Labute approximate surface area is 182 Å². The number of benzene rings is 1. The number of hydrogen-bond donors (Lipinski definition) is 0. The third kappa shape index (κ3) is 6.85. The fourth-order valence-electron chi connectivity index (χ4n) is 3.32. The van der Waals surface area contributed by atoms with Crippen LogP contribution in [-0.2, 0) is 32.0 Å². The van der Waals surface area contributed by atoms with Crippen LogP contribution in [0.5, 0.6) is 0 Å². The van der Waals surface area contributed by atoms with Crippen molar-refractivity contribution in [3.8, 4) is 10.6 Å². The zero-order valence-electron chi connectivity index (χ0n) is 17.8. The van der Waals surface area contributed by atoms with Gasteiger partial charge in [0.2, 0.25) is 5.91 Å². The maximum absolute atomic E-state index is 12.7. The molecule has 0 spiro atoms. The van der Waals surface area contributed by atoms with Crippen molar-refractivity contribution in [2.24, 2.45) is 0 Å². The maximum atomic E-state index is 12.7. The quantitative estimate of drug-likeness (QED) is 0.542. The van der Waals surface area contributed by atoms with Crippen LogP contribution in [0.3, 0.4) is 0 Å². The Morgan fingerprint density at radius 3 is 2.43 bits per heavy atom. The number of ether oxygens (including phenoxy) is 3. The maximum Gasteiger partial charge on any atom is 0.228 e. The molecule has 1 aliphatic rings. The van der Waals surface area contributed by atoms with Gasteiger partial charge in [0.05, 0.1) is 38.5 Å². The van der Waals surface area contributed by atoms with Gasteiger partial charge >= 0.3 is 0 Å². The summed E-state index contributed by atoms with van der Waals surface area (Å²) >= 11 is 1.58. The summed E-state index contributed by atoms with van der Waals surface area (Å²) in [6, 6.07) is 8.55. The number of thiazole rings is 1. The first-order chi connectivity index (χ1) is 14.7. The first kappa shape index (κ1) is 22.8. The summed E-state index contributed by atoms with van der Waals surface area (Å²) in [5.41, 5.74) is 3.18. The van der Waals surface area contributed by atoms with Gasteiger partial charge in [-0.2, -0.15) is 0 Å². The Bertz CT molecular complexity index is 767. The van der Waals surface area contributed by atoms with Gasteiger partial charge in [-0.05, 0) is 5.56 Å². The molecule has 1 aliphatic heterocycles. The molecule has 1 aromatic heterocycles. The van der Waals surface area contributed by atoms with Crippen LogP contribution in [0.2, 0.25) is 0 Å². The smallest absolute Gasteiger partial charge is 0.228 e. The number of carbonyl (C=O) groups excluding carboxylic acids is 1. The summed E-state index contributed by atoms with van der Waals surface area (Å²) in [4.78, 5) is 21.5. The number of morpholine rings is 1. The number of hydrogen-bond acceptors (Lipinski definition) is 7. The Kier molecular flexibility index (Phi) is 9.23. The van der Waals surface area contributed by atoms with E-state index in [2.05, 4.69) is 29.2 Å². The van der Waals surface area contributed by atoms with Gasteiger partial charge in [-0.1, -0.05) is 24.3 Å². The molecule has 2 heterocycles. The number of aromatic nitrogens is 1. The highest BCUT2D eigenvalue weighted by molar-refractivity contribution is 7.13. The van der Waals surface area contributed by atoms with Crippen molar-refractivity contribution < 1.29 is 19.0 Å². The van der Waals surface area contributed by atoms with E-state index < -0.39 is 0 Å². The number of amides is 1. The molecule has 0 N–H and O–H groups in total. The SMILES string of the molecule is COCCN(CCOC)C(=O)Cc1csc(-c2ccc(CN3CCOCC3)cc2)n1. The molecule has 8 heteroatoms. The molecule has 7 nitrogen and oxygen atoms in total. The van der Waals surface area contributed by atoms with Crippen molar-refractivity contribution in [1.82, 2.24) is 14.8 Å². The zero-order chi connectivity index (χ0) is 21.2. The van der Waals surface area contributed by atoms with Crippen molar-refractivity contribution in [2.75, 3.05) is 66.8 Å². The van der Waals surface area contributed by atoms with Gasteiger partial charge in [-0.25, -0.2) is 4.98 Å². The van der Waals surface area contributed by atoms with E-state index in [0.29, 0.717) is 32.7 Å². The van der Waals surface area contributed by atoms with Crippen molar-refractivity contribution in [3.05, 3.63) is 40.9 Å². The molecule has 0 unspecified atom stereocenters. The summed E-state index contributed by atoms with van der Waals surface area (Å²) in [6.45, 7) is 6.67. The minimum atomic E-state index is 0.0433. The number of methoxy groups -OCH3 is 2. The van der Waals surface area contributed by atoms with Gasteiger partial charge in [0.15, 0.2) is 0 Å². The minimum absolute atomic E-state index is 0.0433. The fourth-order valence-corrected chi connectivity index (χ4v) is 4.15. The molecular weight excluding hydrogens is 402 g/mol. The van der Waals surface area contributed by atoms with Gasteiger partial charge in [0.25, 0.3) is 0 Å². The molecular formula is C22H31N3O4S. The molecule has 30 heavy (non-hydrogen) atoms. The molecule has 0 bridgehead atoms. The molecule has 3 rings (SSSR count). The Morgan fingerprint density at radius 2 is 1.80 bits per heavy atom. The van der Waals surface area contributed by atoms with E-state index in [-0.39, 0.29) is 5.91 Å². The Balaban J connectivity index is 1.57. The lowest BCUT2D eigenvalue weighted by molar-refractivity contribution is -0.131. The van der Waals surface area contributed by atoms with Crippen molar-refractivity contribution in [3.63, 3.8) is 0 Å². The lowest BCUT2D eigenvalue weighted by Gasteiger charge is -2.26. The first-order valence-electron chi connectivity index (χ1n) is 10.3. The van der Waals surface area contributed by atoms with Crippen LogP contribution in [0.25, 0.3) is 10.6 Å². The van der Waals surface area contributed by atoms with Gasteiger partial charge in [0.1, 0.15) is 5.01 Å². The van der Waals surface area contributed by atoms with Crippen molar-refractivity contribution in [1.29, 1.82) is 0 Å². The standard InChI is InChI=1S/C22H31N3O4S/c1-27-11-9-25(10-12-28-2)21(26)15-20-17-30-22(23-20)19-5-3-18(4-6-19)16-24-7-13-29-14-8-24/h3-6,17H,7-16H2,1-2H3. The fraction of sp³-hybridized carbons (Fsp3) is 0.545. The average molecular weight is 434 g/mol. The predicted octanol–water partition coefficient (Wildman–Crippen LogP) is 2.31. The molecule has 1 saturated heterocycles. The first-order valence-corrected chi connectivity index (χ1v) is 11.2. The van der Waals surface area contributed by atoms with Gasteiger partial charge in [-0.3, -0.25) is 9.69 Å². The summed E-state index contributed by atoms with van der Waals surface area (Å²) in [5, 5.41) is 2.91. The van der Waals surface area contributed by atoms with Gasteiger partial charge in [0, 0.05) is 57.9 Å². The van der Waals surface area contributed by atoms with E-state index in [9.17, 15) is 4.79 Å². The van der Waals surface area contributed by atoms with Crippen LogP contribution in [-0.4, -0.2) is 87.5 Å². The second kappa shape index (κ2) is 12.1. The van der Waals surface area contributed by atoms with Crippen LogP contribution in [0.15, 0.2) is 29.6 Å². The highest BCUT2D eigenvalue weighted by Crippen LogP contribution is 2.25. The summed E-state index contributed by atoms with van der Waals surface area (Å²) in [7, 11) is 3.27. The molecule has 0 atom stereocenters. The normalized spacial score (nSPS) is 14.7. The van der Waals surface area contributed by atoms with Gasteiger partial charge in [-0.15, -0.1) is 11.3 Å². The van der Waals surface area contributed by atoms with Crippen LogP contribution in [0.4, 0.5) is 0 Å². The van der Waals surface area contributed by atoms with Gasteiger partial charge < -0.3 is 19.1 Å². The van der Waals surface area contributed by atoms with E-state index in [1.807, 2.05) is 5.38 Å². The molecule has 0 saturated carbocycles. The lowest BCUT2D eigenvalue weighted by atomic mass is 10.1. The van der Waals surface area contributed by atoms with E-state index in [4.69, 9.17) is 19.2 Å². The second-order valence-corrected chi connectivity index (χ2v) is 8.13. The highest BCUT2D eigenvalue weighted by Gasteiger charge is 2.16. The number of carbonyl (C=O) groups is 1. The molecule has 164 valence electrons. The summed E-state index contributed by atoms with van der Waals surface area (Å²) in [6.07, 6.45) is 0.291. The van der Waals surface area contributed by atoms with Crippen LogP contribution in [0.1, 0.15) is 11.3 Å². The lowest BCUT2D eigenvalue weighted by Crippen LogP contribution is -2.37. The molecule has 1 fully saturated rings. The Hall–Kier alpha value is -1.84. The van der Waals surface area contributed by atoms with Crippen molar-refractivity contribution >= 4 is 17.2 Å². The third-order valence-corrected chi connectivity index (χ3v) is 6.02. The number of rotatable bonds is 11. The summed E-state index contributed by atoms with van der Waals surface area (Å²) < 4.78 is 15.6. The topological polar surface area (TPSA) is 64.1 Å². The van der Waals surface area contributed by atoms with E-state index >= 15 is 0 Å². The van der Waals surface area contributed by atoms with E-state index in [1.54, 1.807) is 30.5 Å². The second-order valence-electron chi connectivity index (χ2n) is 7.27. The third-order valence-electron chi connectivity index (χ3n) is 5.08.